The minimum atomic E-state index is -0.476. The van der Waals surface area contributed by atoms with E-state index in [1.807, 2.05) is 19.1 Å². The third-order valence-electron chi connectivity index (χ3n) is 3.98. The van der Waals surface area contributed by atoms with Gasteiger partial charge in [-0.15, -0.1) is 0 Å². The lowest BCUT2D eigenvalue weighted by molar-refractivity contribution is -0.139. The monoisotopic (exact) mass is 398 g/mol. The minimum Gasteiger partial charge on any atom is -0.460 e. The van der Waals surface area contributed by atoms with Gasteiger partial charge >= 0.3 is 11.9 Å². The molecule has 0 unspecified atom stereocenters. The first-order valence-corrected chi connectivity index (χ1v) is 9.39. The van der Waals surface area contributed by atoms with Gasteiger partial charge in [0.15, 0.2) is 0 Å². The maximum absolute atomic E-state index is 12.1. The second-order valence-electron chi connectivity index (χ2n) is 6.18. The molecule has 0 N–H and O–H groups in total. The molecule has 0 bridgehead atoms. The first kappa shape index (κ1) is 22.3. The highest BCUT2D eigenvalue weighted by Crippen LogP contribution is 2.20. The predicted octanol–water partition coefficient (Wildman–Crippen LogP) is 3.58. The molecule has 0 aromatic heterocycles. The topological polar surface area (TPSA) is 71.1 Å². The summed E-state index contributed by atoms with van der Waals surface area (Å²) in [6.07, 6.45) is 1.10. The fourth-order valence-electron chi connectivity index (χ4n) is 2.40. The van der Waals surface area contributed by atoms with Crippen molar-refractivity contribution >= 4 is 11.9 Å². The Morgan fingerprint density at radius 1 is 0.759 bits per heavy atom. The van der Waals surface area contributed by atoms with Gasteiger partial charge in [0.05, 0.1) is 32.0 Å². The second-order valence-corrected chi connectivity index (χ2v) is 6.18. The van der Waals surface area contributed by atoms with Gasteiger partial charge in [-0.2, -0.15) is 0 Å². The summed E-state index contributed by atoms with van der Waals surface area (Å²) in [7, 11) is 0. The second kappa shape index (κ2) is 12.5. The van der Waals surface area contributed by atoms with Gasteiger partial charge < -0.3 is 18.9 Å². The lowest BCUT2D eigenvalue weighted by atomic mass is 10.0. The predicted molar refractivity (Wildman–Crippen MR) is 110 cm³/mol. The Bertz CT molecular complexity index is 780. The van der Waals surface area contributed by atoms with Crippen molar-refractivity contribution in [1.29, 1.82) is 0 Å². The number of rotatable bonds is 12. The van der Waals surface area contributed by atoms with E-state index in [4.69, 9.17) is 18.9 Å². The van der Waals surface area contributed by atoms with E-state index in [-0.39, 0.29) is 32.4 Å². The smallest absolute Gasteiger partial charge is 0.338 e. The number of benzene rings is 2. The normalized spacial score (nSPS) is 10.4. The maximum Gasteiger partial charge on any atom is 0.338 e. The SMILES string of the molecule is C=CC(=O)OCCOCCOCCOC(=O)c1ccc(-c2ccc(C)cc2)cc1. The molecule has 154 valence electrons. The van der Waals surface area contributed by atoms with E-state index in [1.165, 1.54) is 5.56 Å². The van der Waals surface area contributed by atoms with Gasteiger partial charge in [-0.3, -0.25) is 0 Å². The Labute approximate surface area is 171 Å². The summed E-state index contributed by atoms with van der Waals surface area (Å²) in [5, 5.41) is 0. The number of carbonyl (C=O) groups excluding carboxylic acids is 2. The van der Waals surface area contributed by atoms with Crippen molar-refractivity contribution in [3.8, 4) is 11.1 Å². The van der Waals surface area contributed by atoms with Crippen LogP contribution in [-0.4, -0.2) is 51.6 Å². The summed E-state index contributed by atoms with van der Waals surface area (Å²) >= 11 is 0. The van der Waals surface area contributed by atoms with Crippen LogP contribution in [0.5, 0.6) is 0 Å². The molecule has 2 aromatic carbocycles. The van der Waals surface area contributed by atoms with E-state index in [1.54, 1.807) is 12.1 Å². The van der Waals surface area contributed by atoms with Crippen LogP contribution in [0, 0.1) is 6.92 Å². The zero-order chi connectivity index (χ0) is 20.9. The molecule has 6 nitrogen and oxygen atoms in total. The molecule has 0 aliphatic heterocycles. The Morgan fingerprint density at radius 2 is 1.24 bits per heavy atom. The van der Waals surface area contributed by atoms with Crippen LogP contribution in [0.25, 0.3) is 11.1 Å². The molecule has 0 radical (unpaired) electrons. The molecule has 6 heteroatoms. The number of hydrogen-bond acceptors (Lipinski definition) is 6. The Balaban J connectivity index is 1.58. The third kappa shape index (κ3) is 8.29. The summed E-state index contributed by atoms with van der Waals surface area (Å²) in [5.41, 5.74) is 3.85. The summed E-state index contributed by atoms with van der Waals surface area (Å²) in [6, 6.07) is 15.5. The largest absolute Gasteiger partial charge is 0.460 e. The van der Waals surface area contributed by atoms with Gasteiger partial charge in [0.25, 0.3) is 0 Å². The zero-order valence-electron chi connectivity index (χ0n) is 16.6. The van der Waals surface area contributed by atoms with E-state index >= 15 is 0 Å². The van der Waals surface area contributed by atoms with Crippen LogP contribution in [0.15, 0.2) is 61.2 Å². The molecule has 0 spiro atoms. The molecule has 0 aliphatic rings. The van der Waals surface area contributed by atoms with Crippen LogP contribution in [0.4, 0.5) is 0 Å². The van der Waals surface area contributed by atoms with Crippen LogP contribution in [0.1, 0.15) is 15.9 Å². The van der Waals surface area contributed by atoms with E-state index in [2.05, 4.69) is 30.8 Å². The number of carbonyl (C=O) groups is 2. The van der Waals surface area contributed by atoms with Crippen LogP contribution in [-0.2, 0) is 23.7 Å². The molecule has 0 fully saturated rings. The number of ether oxygens (including phenoxy) is 4. The maximum atomic E-state index is 12.1. The van der Waals surface area contributed by atoms with Crippen molar-refractivity contribution in [2.75, 3.05) is 39.6 Å². The van der Waals surface area contributed by atoms with Crippen LogP contribution in [0.3, 0.4) is 0 Å². The average Bonchev–Trinajstić information content (AvgIpc) is 2.75. The van der Waals surface area contributed by atoms with Crippen molar-refractivity contribution in [3.05, 3.63) is 72.3 Å². The minimum absolute atomic E-state index is 0.162. The molecule has 2 rings (SSSR count). The van der Waals surface area contributed by atoms with Crippen LogP contribution >= 0.6 is 0 Å². The number of hydrogen-bond donors (Lipinski definition) is 0. The summed E-state index contributed by atoms with van der Waals surface area (Å²) in [6.45, 7) is 6.96. The van der Waals surface area contributed by atoms with Gasteiger partial charge in [-0.25, -0.2) is 9.59 Å². The quantitative estimate of drug-likeness (QED) is 0.309. The Morgan fingerprint density at radius 3 is 1.79 bits per heavy atom. The molecular weight excluding hydrogens is 372 g/mol. The van der Waals surface area contributed by atoms with Crippen molar-refractivity contribution in [2.24, 2.45) is 0 Å². The summed E-state index contributed by atoms with van der Waals surface area (Å²) in [5.74, 6) is -0.860. The van der Waals surface area contributed by atoms with Gasteiger partial charge in [-0.1, -0.05) is 48.5 Å². The Kier molecular flexibility index (Phi) is 9.62. The number of esters is 2. The van der Waals surface area contributed by atoms with Crippen LogP contribution in [0.2, 0.25) is 0 Å². The third-order valence-corrected chi connectivity index (χ3v) is 3.98. The standard InChI is InChI=1S/C23H26O6/c1-3-22(24)28-16-14-26-12-13-27-15-17-29-23(25)21-10-8-20(9-11-21)19-6-4-18(2)5-7-19/h3-11H,1,12-17H2,2H3. The lowest BCUT2D eigenvalue weighted by Crippen LogP contribution is -2.14. The molecule has 0 aliphatic carbocycles. The zero-order valence-corrected chi connectivity index (χ0v) is 16.6. The molecule has 2 aromatic rings. The first-order chi connectivity index (χ1) is 14.1. The van der Waals surface area contributed by atoms with Crippen molar-refractivity contribution < 1.29 is 28.5 Å². The van der Waals surface area contributed by atoms with Crippen molar-refractivity contribution in [2.45, 2.75) is 6.92 Å². The van der Waals surface area contributed by atoms with Gasteiger partial charge in [0.1, 0.15) is 13.2 Å². The molecule has 0 saturated carbocycles. The number of aryl methyl sites for hydroxylation is 1. The van der Waals surface area contributed by atoms with Gasteiger partial charge in [-0.05, 0) is 30.2 Å². The fourth-order valence-corrected chi connectivity index (χ4v) is 2.40. The fraction of sp³-hybridized carbons (Fsp3) is 0.304. The van der Waals surface area contributed by atoms with E-state index in [0.717, 1.165) is 17.2 Å². The van der Waals surface area contributed by atoms with E-state index < -0.39 is 5.97 Å². The average molecular weight is 398 g/mol. The highest BCUT2D eigenvalue weighted by molar-refractivity contribution is 5.90. The first-order valence-electron chi connectivity index (χ1n) is 9.39. The molecular formula is C23H26O6. The molecule has 0 heterocycles. The molecule has 29 heavy (non-hydrogen) atoms. The summed E-state index contributed by atoms with van der Waals surface area (Å²) in [4.78, 5) is 22.9. The van der Waals surface area contributed by atoms with E-state index in [0.29, 0.717) is 18.8 Å². The molecule has 0 atom stereocenters. The van der Waals surface area contributed by atoms with Crippen molar-refractivity contribution in [3.63, 3.8) is 0 Å². The van der Waals surface area contributed by atoms with E-state index in [9.17, 15) is 9.59 Å². The lowest BCUT2D eigenvalue weighted by Gasteiger charge is -2.08. The van der Waals surface area contributed by atoms with Crippen LogP contribution < -0.4 is 0 Å². The Hall–Kier alpha value is -2.96. The van der Waals surface area contributed by atoms with Gasteiger partial charge in [0.2, 0.25) is 0 Å². The highest BCUT2D eigenvalue weighted by Gasteiger charge is 2.07. The van der Waals surface area contributed by atoms with Crippen molar-refractivity contribution in [1.82, 2.24) is 0 Å². The van der Waals surface area contributed by atoms with Gasteiger partial charge in [0, 0.05) is 6.08 Å². The highest BCUT2D eigenvalue weighted by atomic mass is 16.6. The summed E-state index contributed by atoms with van der Waals surface area (Å²) < 4.78 is 20.5. The molecule has 0 amide bonds. The molecule has 0 saturated heterocycles.